The van der Waals surface area contributed by atoms with Crippen molar-refractivity contribution in [3.8, 4) is 0 Å². The number of fused-ring (bicyclic) bond motifs is 1. The van der Waals surface area contributed by atoms with Crippen LogP contribution in [-0.4, -0.2) is 61.1 Å². The molecule has 0 bridgehead atoms. The number of anilines is 1. The third kappa shape index (κ3) is 3.54. The number of aliphatic hydroxyl groups excluding tert-OH is 3. The molecule has 10 heteroatoms. The Morgan fingerprint density at radius 3 is 2.82 bits per heavy atom. The maximum Gasteiger partial charge on any atom is 0.280 e. The Labute approximate surface area is 125 Å². The molecule has 2 aromatic heterocycles. The summed E-state index contributed by atoms with van der Waals surface area (Å²) in [5.41, 5.74) is 4.87. The van der Waals surface area contributed by atoms with Crippen molar-refractivity contribution in [1.82, 2.24) is 19.9 Å². The smallest absolute Gasteiger partial charge is 0.280 e. The second kappa shape index (κ2) is 7.22. The van der Waals surface area contributed by atoms with Crippen LogP contribution in [0.1, 0.15) is 18.2 Å². The predicted octanol–water partition coefficient (Wildman–Crippen LogP) is -2.14. The molecule has 2 aromatic rings. The van der Waals surface area contributed by atoms with Gasteiger partial charge < -0.3 is 26.4 Å². The molecule has 0 aliphatic rings. The van der Waals surface area contributed by atoms with Crippen LogP contribution in [0.3, 0.4) is 0 Å². The summed E-state index contributed by atoms with van der Waals surface area (Å²) in [5.74, 6) is 0.254. The fourth-order valence-electron chi connectivity index (χ4n) is 1.76. The molecule has 0 aliphatic carbocycles. The summed E-state index contributed by atoms with van der Waals surface area (Å²) in [6.07, 6.45) is -0.931. The lowest BCUT2D eigenvalue weighted by Crippen LogP contribution is -2.24. The Hall–Kier alpha value is -2.14. The number of aliphatic hydroxyl groups is 3. The third-order valence-corrected chi connectivity index (χ3v) is 2.96. The minimum Gasteiger partial charge on any atom is -0.394 e. The zero-order valence-electron chi connectivity index (χ0n) is 11.7. The number of nitrogens with two attached hydrogens (primary N) is 1. The van der Waals surface area contributed by atoms with Crippen LogP contribution in [-0.2, 0) is 0 Å². The number of rotatable bonds is 7. The lowest BCUT2D eigenvalue weighted by atomic mass is 10.1. The molecule has 0 radical (unpaired) electrons. The molecule has 0 spiro atoms. The van der Waals surface area contributed by atoms with E-state index in [0.717, 1.165) is 6.42 Å². The second-order valence-electron chi connectivity index (χ2n) is 4.65. The fraction of sp³-hybridized carbons (Fsp3) is 0.500. The quantitative estimate of drug-likeness (QED) is 0.312. The van der Waals surface area contributed by atoms with Gasteiger partial charge in [0, 0.05) is 6.54 Å². The highest BCUT2D eigenvalue weighted by Gasteiger charge is 2.20. The van der Waals surface area contributed by atoms with E-state index in [4.69, 9.17) is 10.8 Å². The van der Waals surface area contributed by atoms with Crippen LogP contribution in [0.4, 0.5) is 5.95 Å². The van der Waals surface area contributed by atoms with E-state index in [1.807, 2.05) is 0 Å². The molecule has 0 amide bonds. The van der Waals surface area contributed by atoms with Gasteiger partial charge in [-0.05, 0) is 13.0 Å². The van der Waals surface area contributed by atoms with Gasteiger partial charge in [0.2, 0.25) is 5.95 Å². The average Bonchev–Trinajstić information content (AvgIpc) is 2.53. The van der Waals surface area contributed by atoms with Crippen LogP contribution in [0.5, 0.6) is 0 Å². The summed E-state index contributed by atoms with van der Waals surface area (Å²) >= 11 is 0. The van der Waals surface area contributed by atoms with E-state index in [9.17, 15) is 15.0 Å². The molecule has 120 valence electrons. The summed E-state index contributed by atoms with van der Waals surface area (Å²) in [7, 11) is 0. The largest absolute Gasteiger partial charge is 0.394 e. The number of hydrogen-bond donors (Lipinski definition) is 6. The predicted molar refractivity (Wildman–Crippen MR) is 78.2 cm³/mol. The number of nitrogens with one attached hydrogen (secondary N) is 2. The second-order valence-corrected chi connectivity index (χ2v) is 4.65. The van der Waals surface area contributed by atoms with Gasteiger partial charge >= 0.3 is 0 Å². The lowest BCUT2D eigenvalue weighted by molar-refractivity contribution is -0.0173. The topological polar surface area (TPSA) is 170 Å². The first-order valence-electron chi connectivity index (χ1n) is 6.74. The normalized spacial score (nSPS) is 14.0. The van der Waals surface area contributed by atoms with Gasteiger partial charge in [-0.2, -0.15) is 4.98 Å². The molecule has 2 atom stereocenters. The number of aromatic amines is 1. The number of nitrogens with zero attached hydrogens (tertiary/aromatic N) is 3. The van der Waals surface area contributed by atoms with Crippen molar-refractivity contribution in [1.29, 1.82) is 0 Å². The van der Waals surface area contributed by atoms with E-state index in [1.54, 1.807) is 0 Å². The van der Waals surface area contributed by atoms with E-state index >= 15 is 0 Å². The van der Waals surface area contributed by atoms with Gasteiger partial charge in [0.25, 0.3) is 5.56 Å². The first-order valence-corrected chi connectivity index (χ1v) is 6.74. The Morgan fingerprint density at radius 1 is 1.36 bits per heavy atom. The summed E-state index contributed by atoms with van der Waals surface area (Å²) in [4.78, 5) is 26.5. The minimum atomic E-state index is -1.44. The van der Waals surface area contributed by atoms with Crippen molar-refractivity contribution in [3.63, 3.8) is 0 Å². The Bertz CT molecular complexity index is 691. The average molecular weight is 310 g/mol. The van der Waals surface area contributed by atoms with Gasteiger partial charge in [-0.3, -0.25) is 9.78 Å². The first kappa shape index (κ1) is 16.2. The molecule has 0 unspecified atom stereocenters. The van der Waals surface area contributed by atoms with E-state index in [-0.39, 0.29) is 22.8 Å². The number of hydrogen-bond acceptors (Lipinski definition) is 9. The first-order chi connectivity index (χ1) is 10.6. The highest BCUT2D eigenvalue weighted by Crippen LogP contribution is 2.15. The standard InChI is InChI=1S/C12H18N6O4/c13-2-1-3-14-12-17-10-8(11(22)18-12)16-6(4-15-10)9(21)7(20)5-19/h4,7,9,19-21H,1-3,5,13H2,(H2,14,15,17,18,22)/t7-,9+/m1/s1. The monoisotopic (exact) mass is 310 g/mol. The molecule has 22 heavy (non-hydrogen) atoms. The van der Waals surface area contributed by atoms with Gasteiger partial charge in [0.1, 0.15) is 12.2 Å². The van der Waals surface area contributed by atoms with Crippen molar-refractivity contribution in [2.45, 2.75) is 18.6 Å². The van der Waals surface area contributed by atoms with Gasteiger partial charge in [-0.25, -0.2) is 9.97 Å². The molecule has 0 saturated carbocycles. The lowest BCUT2D eigenvalue weighted by Gasteiger charge is -2.14. The van der Waals surface area contributed by atoms with Crippen LogP contribution in [0.25, 0.3) is 11.2 Å². The van der Waals surface area contributed by atoms with Crippen LogP contribution in [0.2, 0.25) is 0 Å². The molecule has 2 rings (SSSR count). The van der Waals surface area contributed by atoms with E-state index < -0.39 is 24.4 Å². The van der Waals surface area contributed by atoms with Crippen LogP contribution in [0, 0.1) is 0 Å². The van der Waals surface area contributed by atoms with Crippen molar-refractivity contribution in [2.75, 3.05) is 25.0 Å². The molecule has 0 aliphatic heterocycles. The summed E-state index contributed by atoms with van der Waals surface area (Å²) in [6, 6.07) is 0. The van der Waals surface area contributed by atoms with Crippen molar-refractivity contribution < 1.29 is 15.3 Å². The molecular formula is C12H18N6O4. The van der Waals surface area contributed by atoms with Crippen LogP contribution in [0.15, 0.2) is 11.0 Å². The van der Waals surface area contributed by atoms with Gasteiger partial charge in [0.05, 0.1) is 18.5 Å². The number of aromatic nitrogens is 4. The highest BCUT2D eigenvalue weighted by atomic mass is 16.4. The Kier molecular flexibility index (Phi) is 5.33. The zero-order chi connectivity index (χ0) is 16.1. The molecule has 0 fully saturated rings. The maximum absolute atomic E-state index is 12.0. The summed E-state index contributed by atoms with van der Waals surface area (Å²) < 4.78 is 0. The molecule has 2 heterocycles. The van der Waals surface area contributed by atoms with Crippen LogP contribution < -0.4 is 16.6 Å². The van der Waals surface area contributed by atoms with E-state index in [0.29, 0.717) is 13.1 Å². The van der Waals surface area contributed by atoms with Crippen LogP contribution >= 0.6 is 0 Å². The van der Waals surface area contributed by atoms with Gasteiger partial charge in [0.15, 0.2) is 11.2 Å². The molecule has 10 nitrogen and oxygen atoms in total. The van der Waals surface area contributed by atoms with Gasteiger partial charge in [-0.1, -0.05) is 0 Å². The fourth-order valence-corrected chi connectivity index (χ4v) is 1.76. The van der Waals surface area contributed by atoms with Crippen molar-refractivity contribution in [2.24, 2.45) is 5.73 Å². The van der Waals surface area contributed by atoms with Gasteiger partial charge in [-0.15, -0.1) is 0 Å². The van der Waals surface area contributed by atoms with E-state index in [1.165, 1.54) is 6.20 Å². The summed E-state index contributed by atoms with van der Waals surface area (Å²) in [5, 5.41) is 30.9. The summed E-state index contributed by atoms with van der Waals surface area (Å²) in [6.45, 7) is 0.427. The number of H-pyrrole nitrogens is 1. The maximum atomic E-state index is 12.0. The van der Waals surface area contributed by atoms with Crippen molar-refractivity contribution >= 4 is 17.1 Å². The molecule has 0 saturated heterocycles. The highest BCUT2D eigenvalue weighted by molar-refractivity contribution is 5.69. The molecule has 0 aromatic carbocycles. The SMILES string of the molecule is NCCCNc1nc2ncc([C@H](O)[C@H](O)CO)nc2c(=O)[nH]1. The molecular weight excluding hydrogens is 292 g/mol. The third-order valence-electron chi connectivity index (χ3n) is 2.96. The Morgan fingerprint density at radius 2 is 2.14 bits per heavy atom. The molecule has 7 N–H and O–H groups in total. The van der Waals surface area contributed by atoms with Crippen molar-refractivity contribution in [3.05, 3.63) is 22.2 Å². The minimum absolute atomic E-state index is 0.0230. The zero-order valence-corrected chi connectivity index (χ0v) is 11.7. The Balaban J connectivity index is 2.32. The van der Waals surface area contributed by atoms with E-state index in [2.05, 4.69) is 25.3 Å².